The summed E-state index contributed by atoms with van der Waals surface area (Å²) in [6.07, 6.45) is 2.98. The van der Waals surface area contributed by atoms with Crippen molar-refractivity contribution in [3.63, 3.8) is 0 Å². The van der Waals surface area contributed by atoms with E-state index in [4.69, 9.17) is 13.9 Å². The van der Waals surface area contributed by atoms with Crippen LogP contribution in [0, 0.1) is 18.6 Å². The van der Waals surface area contributed by atoms with Crippen molar-refractivity contribution in [2.75, 3.05) is 59.0 Å². The maximum absolute atomic E-state index is 16.0. The number of piperazine rings is 1. The normalized spacial score (nSPS) is 22.4. The molecule has 5 heterocycles. The average molecular weight is 730 g/mol. The molecule has 0 saturated carbocycles. The predicted octanol–water partition coefficient (Wildman–Crippen LogP) is 2.95. The number of hydrogen-bond acceptors (Lipinski definition) is 10. The van der Waals surface area contributed by atoms with Gasteiger partial charge in [-0.15, -0.1) is 0 Å². The second-order valence-corrected chi connectivity index (χ2v) is 15.4. The lowest BCUT2D eigenvalue weighted by Crippen LogP contribution is -2.53. The van der Waals surface area contributed by atoms with Crippen LogP contribution in [0.15, 0.2) is 27.4 Å². The van der Waals surface area contributed by atoms with E-state index in [2.05, 4.69) is 9.80 Å². The maximum atomic E-state index is 16.0. The summed E-state index contributed by atoms with van der Waals surface area (Å²) in [6, 6.07) is 3.02. The Bertz CT molecular complexity index is 2070. The maximum Gasteiger partial charge on any atom is 0.341 e. The zero-order chi connectivity index (χ0) is 36.4. The molecule has 1 atom stereocenters. The number of ether oxygens (including phenoxy) is 2. The predicted molar refractivity (Wildman–Crippen MR) is 183 cm³/mol. The van der Waals surface area contributed by atoms with Crippen molar-refractivity contribution in [3.8, 4) is 5.75 Å². The largest absolute Gasteiger partial charge is 0.496 e. The van der Waals surface area contributed by atoms with Crippen LogP contribution in [0.4, 0.5) is 14.5 Å². The molecule has 274 valence electrons. The van der Waals surface area contributed by atoms with Crippen LogP contribution in [-0.4, -0.2) is 107 Å². The lowest BCUT2D eigenvalue weighted by Gasteiger charge is -2.41. The molecule has 0 radical (unpaired) electrons. The van der Waals surface area contributed by atoms with Crippen LogP contribution < -0.4 is 20.0 Å². The molecule has 13 nitrogen and oxygen atoms in total. The third-order valence-electron chi connectivity index (χ3n) is 11.0. The number of carbonyl (C=O) groups is 2. The Balaban J connectivity index is 1.13. The molecule has 0 aliphatic carbocycles. The summed E-state index contributed by atoms with van der Waals surface area (Å²) < 4.78 is 77.4. The van der Waals surface area contributed by atoms with E-state index in [1.165, 1.54) is 22.4 Å². The summed E-state index contributed by atoms with van der Waals surface area (Å²) in [5.74, 6) is -3.71. The molecule has 4 aliphatic heterocycles. The van der Waals surface area contributed by atoms with Gasteiger partial charge in [0.2, 0.25) is 0 Å². The highest BCUT2D eigenvalue weighted by molar-refractivity contribution is 7.87. The van der Waals surface area contributed by atoms with Gasteiger partial charge in [-0.2, -0.15) is 12.7 Å². The van der Waals surface area contributed by atoms with E-state index in [9.17, 15) is 22.8 Å². The molecule has 2 aromatic carbocycles. The summed E-state index contributed by atoms with van der Waals surface area (Å²) >= 11 is 0. The molecule has 3 saturated heterocycles. The fourth-order valence-corrected chi connectivity index (χ4v) is 9.91. The molecular formula is C35H41F2N5O8S. The standard InChI is InChI=1S/C35H41F2N5O8S/c1-19-29(40-12-11-39(2)22(16-40)18-48-3)15-28(37)31-23-9-10-41(17-26(23)35(45)50-32(19)31)34(44)24-14-30(49-4)25(13-27(24)36)33(43)38-51(46,47)42-20-5-6-21(42)8-7-20/h13-15,20-22H,5-12,16-18H2,1-4H3,(H,38,43). The number of amides is 2. The Hall–Kier alpha value is -4.12. The van der Waals surface area contributed by atoms with Gasteiger partial charge < -0.3 is 23.7 Å². The third-order valence-corrected chi connectivity index (χ3v) is 12.6. The fourth-order valence-electron chi connectivity index (χ4n) is 8.26. The molecule has 3 aromatic rings. The highest BCUT2D eigenvalue weighted by atomic mass is 32.2. The van der Waals surface area contributed by atoms with Crippen molar-refractivity contribution < 1.29 is 40.7 Å². The Morgan fingerprint density at radius 1 is 0.980 bits per heavy atom. The minimum absolute atomic E-state index is 0.0438. The number of hydrogen-bond donors (Lipinski definition) is 1. The Kier molecular flexibility index (Phi) is 9.31. The first-order valence-electron chi connectivity index (χ1n) is 17.1. The van der Waals surface area contributed by atoms with Crippen LogP contribution in [0.5, 0.6) is 5.75 Å². The van der Waals surface area contributed by atoms with Crippen molar-refractivity contribution in [1.29, 1.82) is 0 Å². The molecule has 1 unspecified atom stereocenters. The molecule has 1 aromatic heterocycles. The van der Waals surface area contributed by atoms with Crippen molar-refractivity contribution in [1.82, 2.24) is 18.8 Å². The molecule has 2 amide bonds. The molecule has 51 heavy (non-hydrogen) atoms. The lowest BCUT2D eigenvalue weighted by molar-refractivity contribution is 0.0727. The van der Waals surface area contributed by atoms with E-state index < -0.39 is 50.4 Å². The van der Waals surface area contributed by atoms with Gasteiger partial charge in [-0.05, 0) is 69.8 Å². The molecule has 1 N–H and O–H groups in total. The minimum atomic E-state index is -4.19. The van der Waals surface area contributed by atoms with Crippen LogP contribution in [-0.2, 0) is 27.9 Å². The van der Waals surface area contributed by atoms with Crippen LogP contribution in [0.25, 0.3) is 11.0 Å². The molecule has 2 bridgehead atoms. The second kappa shape index (κ2) is 13.5. The third kappa shape index (κ3) is 6.15. The molecular weight excluding hydrogens is 688 g/mol. The number of likely N-dealkylation sites (N-methyl/N-ethyl adjacent to an activating group) is 1. The molecule has 7 rings (SSSR count). The van der Waals surface area contributed by atoms with Gasteiger partial charge in [0.15, 0.2) is 0 Å². The minimum Gasteiger partial charge on any atom is -0.496 e. The Morgan fingerprint density at radius 2 is 1.69 bits per heavy atom. The molecule has 0 spiro atoms. The van der Waals surface area contributed by atoms with Crippen LogP contribution in [0.1, 0.15) is 63.1 Å². The highest BCUT2D eigenvalue weighted by Gasteiger charge is 2.47. The number of carbonyl (C=O) groups excluding carboxylic acids is 2. The zero-order valence-electron chi connectivity index (χ0n) is 29.0. The smallest absolute Gasteiger partial charge is 0.341 e. The number of nitrogens with zero attached hydrogens (tertiary/aromatic N) is 4. The molecule has 3 fully saturated rings. The van der Waals surface area contributed by atoms with Gasteiger partial charge in [0.05, 0.1) is 48.4 Å². The summed E-state index contributed by atoms with van der Waals surface area (Å²) in [4.78, 5) is 45.7. The van der Waals surface area contributed by atoms with Gasteiger partial charge in [0.1, 0.15) is 23.0 Å². The first-order chi connectivity index (χ1) is 24.3. The number of rotatable bonds is 8. The first kappa shape index (κ1) is 35.3. The number of methoxy groups -OCH3 is 2. The molecule has 4 aliphatic rings. The summed E-state index contributed by atoms with van der Waals surface area (Å²) in [6.45, 7) is 4.09. The van der Waals surface area contributed by atoms with E-state index in [1.807, 2.05) is 11.8 Å². The Labute approximate surface area is 294 Å². The monoisotopic (exact) mass is 729 g/mol. The first-order valence-corrected chi connectivity index (χ1v) is 18.5. The van der Waals surface area contributed by atoms with Gasteiger partial charge in [-0.25, -0.2) is 18.3 Å². The summed E-state index contributed by atoms with van der Waals surface area (Å²) in [7, 11) is 0.679. The number of halogens is 2. The van der Waals surface area contributed by atoms with Crippen LogP contribution >= 0.6 is 0 Å². The Morgan fingerprint density at radius 3 is 2.35 bits per heavy atom. The zero-order valence-corrected chi connectivity index (χ0v) is 29.8. The van der Waals surface area contributed by atoms with Crippen molar-refractivity contribution >= 4 is 38.7 Å². The fraction of sp³-hybridized carbons (Fsp3) is 0.514. The van der Waals surface area contributed by atoms with Gasteiger partial charge in [0.25, 0.3) is 11.8 Å². The van der Waals surface area contributed by atoms with Crippen LogP contribution in [0.3, 0.4) is 0 Å². The molecule has 16 heteroatoms. The quantitative estimate of drug-likeness (QED) is 0.344. The van der Waals surface area contributed by atoms with Crippen molar-refractivity contribution in [2.24, 2.45) is 0 Å². The van der Waals surface area contributed by atoms with Crippen LogP contribution in [0.2, 0.25) is 0 Å². The SMILES string of the molecule is COCC1CN(c2cc(F)c3c4c(c(=O)oc3c2C)CN(C(=O)c2cc(OC)c(C(=O)NS(=O)(=O)N3C5CCC3CC5)cc2F)CC4)CCN1C. The van der Waals surface area contributed by atoms with Crippen molar-refractivity contribution in [2.45, 2.75) is 63.7 Å². The number of aryl methyl sites for hydroxylation is 1. The van der Waals surface area contributed by atoms with Gasteiger partial charge in [-0.1, -0.05) is 0 Å². The highest BCUT2D eigenvalue weighted by Crippen LogP contribution is 2.40. The van der Waals surface area contributed by atoms with Gasteiger partial charge in [0, 0.05) is 56.6 Å². The number of anilines is 1. The van der Waals surface area contributed by atoms with Gasteiger partial charge in [-0.3, -0.25) is 14.5 Å². The van der Waals surface area contributed by atoms with E-state index in [1.54, 1.807) is 14.0 Å². The number of benzene rings is 2. The number of fused-ring (bicyclic) bond motifs is 5. The van der Waals surface area contributed by atoms with E-state index in [0.29, 0.717) is 36.5 Å². The lowest BCUT2D eigenvalue weighted by atomic mass is 9.94. The van der Waals surface area contributed by atoms with Crippen molar-refractivity contribution in [3.05, 3.63) is 68.1 Å². The van der Waals surface area contributed by atoms with E-state index >= 15 is 8.78 Å². The summed E-state index contributed by atoms with van der Waals surface area (Å²) in [5, 5.41) is 0.181. The average Bonchev–Trinajstić information content (AvgIpc) is 3.73. The topological polar surface area (TPSA) is 142 Å². The second-order valence-electron chi connectivity index (χ2n) is 13.8. The summed E-state index contributed by atoms with van der Waals surface area (Å²) in [5.41, 5.74) is 0.388. The van der Waals surface area contributed by atoms with E-state index in [0.717, 1.165) is 44.4 Å². The van der Waals surface area contributed by atoms with Gasteiger partial charge >= 0.3 is 15.8 Å². The number of nitrogens with one attached hydrogen (secondary N) is 1. The van der Waals surface area contributed by atoms with E-state index in [-0.39, 0.29) is 59.9 Å².